The first kappa shape index (κ1) is 23.4. The molecular weight excluding hydrogens is 457 g/mol. The highest BCUT2D eigenvalue weighted by Crippen LogP contribution is 2.43. The van der Waals surface area contributed by atoms with Crippen molar-refractivity contribution in [2.75, 3.05) is 38.2 Å². The Bertz CT molecular complexity index is 1240. The zero-order valence-electron chi connectivity index (χ0n) is 21.0. The van der Waals surface area contributed by atoms with Gasteiger partial charge in [0.2, 0.25) is 0 Å². The van der Waals surface area contributed by atoms with Gasteiger partial charge in [-0.1, -0.05) is 12.8 Å². The number of esters is 1. The van der Waals surface area contributed by atoms with E-state index in [1.807, 2.05) is 6.07 Å². The van der Waals surface area contributed by atoms with Crippen molar-refractivity contribution in [3.05, 3.63) is 47.5 Å². The predicted molar refractivity (Wildman–Crippen MR) is 137 cm³/mol. The van der Waals surface area contributed by atoms with Crippen molar-refractivity contribution in [2.24, 2.45) is 0 Å². The van der Waals surface area contributed by atoms with Crippen LogP contribution in [0.5, 0.6) is 0 Å². The van der Waals surface area contributed by atoms with E-state index in [2.05, 4.69) is 9.80 Å². The first-order valence-electron chi connectivity index (χ1n) is 13.4. The normalized spacial score (nSPS) is 20.0. The quantitative estimate of drug-likeness (QED) is 0.465. The fourth-order valence-corrected chi connectivity index (χ4v) is 6.07. The van der Waals surface area contributed by atoms with Crippen LogP contribution in [-0.2, 0) is 4.74 Å². The van der Waals surface area contributed by atoms with Crippen molar-refractivity contribution in [2.45, 2.75) is 63.3 Å². The van der Waals surface area contributed by atoms with Gasteiger partial charge in [-0.3, -0.25) is 0 Å². The molecule has 0 bridgehead atoms. The van der Waals surface area contributed by atoms with Gasteiger partial charge in [0.25, 0.3) is 0 Å². The van der Waals surface area contributed by atoms with Crippen LogP contribution in [0.25, 0.3) is 16.7 Å². The zero-order chi connectivity index (χ0) is 24.6. The summed E-state index contributed by atoms with van der Waals surface area (Å²) in [5.74, 6) is -0.377. The molecule has 2 aliphatic heterocycles. The van der Waals surface area contributed by atoms with E-state index in [0.29, 0.717) is 17.6 Å². The smallest absolute Gasteiger partial charge is 0.356 e. The molecule has 3 aliphatic rings. The lowest BCUT2D eigenvalue weighted by Gasteiger charge is -2.41. The van der Waals surface area contributed by atoms with Crippen molar-refractivity contribution < 1.29 is 13.9 Å². The van der Waals surface area contributed by atoms with E-state index in [0.717, 1.165) is 61.2 Å². The summed E-state index contributed by atoms with van der Waals surface area (Å²) in [5.41, 5.74) is 3.71. The van der Waals surface area contributed by atoms with Gasteiger partial charge in [0.05, 0.1) is 29.6 Å². The van der Waals surface area contributed by atoms with Gasteiger partial charge < -0.3 is 14.5 Å². The largest absolute Gasteiger partial charge is 0.464 e. The summed E-state index contributed by atoms with van der Waals surface area (Å²) in [6.07, 6.45) is 9.59. The standard InChI is InChI=1S/C28H34FN5O2/c1-36-28(35)23-18-24(33-16-12-21(13-17-33)32-14-3-2-4-15-32)25-26(19-6-5-7-19)31-34(27(25)30-23)22-10-8-20(29)9-11-22/h8-11,18-19,21H,2-7,12-17H2,1H3. The van der Waals surface area contributed by atoms with Gasteiger partial charge in [0.1, 0.15) is 5.82 Å². The minimum Gasteiger partial charge on any atom is -0.464 e. The molecule has 0 unspecified atom stereocenters. The molecule has 1 aromatic carbocycles. The number of pyridine rings is 1. The predicted octanol–water partition coefficient (Wildman–Crippen LogP) is 5.07. The van der Waals surface area contributed by atoms with Crippen LogP contribution in [0, 0.1) is 5.82 Å². The molecule has 0 atom stereocenters. The molecule has 8 heteroatoms. The van der Waals surface area contributed by atoms with Crippen LogP contribution in [0.15, 0.2) is 30.3 Å². The first-order valence-corrected chi connectivity index (χ1v) is 13.4. The van der Waals surface area contributed by atoms with E-state index in [-0.39, 0.29) is 11.5 Å². The number of nitrogens with zero attached hydrogens (tertiary/aromatic N) is 5. The molecule has 3 fully saturated rings. The number of methoxy groups -OCH3 is 1. The van der Waals surface area contributed by atoms with Crippen LogP contribution in [0.3, 0.4) is 0 Å². The SMILES string of the molecule is COC(=O)c1cc(N2CCC(N3CCCCC3)CC2)c2c(C3CCC3)nn(-c3ccc(F)cc3)c2n1. The molecule has 0 amide bonds. The number of rotatable bonds is 5. The molecule has 0 N–H and O–H groups in total. The molecule has 0 radical (unpaired) electrons. The maximum atomic E-state index is 13.7. The molecule has 1 saturated carbocycles. The number of hydrogen-bond donors (Lipinski definition) is 0. The van der Waals surface area contributed by atoms with Gasteiger partial charge in [-0.15, -0.1) is 0 Å². The highest BCUT2D eigenvalue weighted by molar-refractivity contribution is 5.99. The van der Waals surface area contributed by atoms with Gasteiger partial charge in [0, 0.05) is 25.0 Å². The number of hydrogen-bond acceptors (Lipinski definition) is 6. The zero-order valence-corrected chi connectivity index (χ0v) is 21.0. The summed E-state index contributed by atoms with van der Waals surface area (Å²) in [7, 11) is 1.38. The molecule has 3 aromatic rings. The molecule has 4 heterocycles. The maximum Gasteiger partial charge on any atom is 0.356 e. The van der Waals surface area contributed by atoms with Crippen molar-refractivity contribution in [1.82, 2.24) is 19.7 Å². The summed E-state index contributed by atoms with van der Waals surface area (Å²) >= 11 is 0. The van der Waals surface area contributed by atoms with E-state index in [1.165, 1.54) is 58.0 Å². The third-order valence-electron chi connectivity index (χ3n) is 8.31. The number of aromatic nitrogens is 3. The van der Waals surface area contributed by atoms with E-state index in [4.69, 9.17) is 14.8 Å². The summed E-state index contributed by atoms with van der Waals surface area (Å²) in [6, 6.07) is 8.82. The van der Waals surface area contributed by atoms with Gasteiger partial charge in [-0.2, -0.15) is 5.10 Å². The minimum atomic E-state index is -0.460. The fourth-order valence-electron chi connectivity index (χ4n) is 6.07. The third-order valence-corrected chi connectivity index (χ3v) is 8.31. The van der Waals surface area contributed by atoms with Gasteiger partial charge >= 0.3 is 5.97 Å². The Morgan fingerprint density at radius 1 is 0.972 bits per heavy atom. The van der Waals surface area contributed by atoms with Gasteiger partial charge in [-0.25, -0.2) is 18.9 Å². The summed E-state index contributed by atoms with van der Waals surface area (Å²) in [4.78, 5) is 22.5. The molecule has 2 saturated heterocycles. The number of ether oxygens (including phenoxy) is 1. The number of benzene rings is 1. The van der Waals surface area contributed by atoms with Crippen LogP contribution in [0.1, 0.15) is 73.5 Å². The third kappa shape index (κ3) is 4.25. The van der Waals surface area contributed by atoms with Crippen molar-refractivity contribution in [1.29, 1.82) is 0 Å². The van der Waals surface area contributed by atoms with Crippen molar-refractivity contribution in [3.63, 3.8) is 0 Å². The summed E-state index contributed by atoms with van der Waals surface area (Å²) in [6.45, 7) is 4.30. The first-order chi connectivity index (χ1) is 17.6. The van der Waals surface area contributed by atoms with E-state index in [1.54, 1.807) is 16.8 Å². The molecule has 6 rings (SSSR count). The second kappa shape index (κ2) is 9.81. The number of piperidine rings is 2. The monoisotopic (exact) mass is 491 g/mol. The average molecular weight is 492 g/mol. The van der Waals surface area contributed by atoms with Gasteiger partial charge in [-0.05, 0) is 81.9 Å². The topological polar surface area (TPSA) is 63.5 Å². The van der Waals surface area contributed by atoms with Crippen LogP contribution in [0.2, 0.25) is 0 Å². The number of halogens is 1. The summed E-state index contributed by atoms with van der Waals surface area (Å²) in [5, 5.41) is 6.05. The maximum absolute atomic E-state index is 13.7. The average Bonchev–Trinajstić information content (AvgIpc) is 3.26. The molecule has 190 valence electrons. The Kier molecular flexibility index (Phi) is 6.37. The number of likely N-dealkylation sites (tertiary alicyclic amines) is 1. The fraction of sp³-hybridized carbons (Fsp3) is 0.536. The van der Waals surface area contributed by atoms with Crippen LogP contribution < -0.4 is 4.90 Å². The Balaban J connectivity index is 1.43. The molecule has 1 aliphatic carbocycles. The molecule has 36 heavy (non-hydrogen) atoms. The van der Waals surface area contributed by atoms with Crippen LogP contribution in [-0.4, -0.2) is 65.0 Å². The van der Waals surface area contributed by atoms with E-state index >= 15 is 0 Å². The second-order valence-electron chi connectivity index (χ2n) is 10.4. The lowest BCUT2D eigenvalue weighted by atomic mass is 9.82. The number of carbonyl (C=O) groups is 1. The Morgan fingerprint density at radius 2 is 1.69 bits per heavy atom. The number of carbonyl (C=O) groups excluding carboxylic acids is 1. The molecule has 7 nitrogen and oxygen atoms in total. The summed E-state index contributed by atoms with van der Waals surface area (Å²) < 4.78 is 20.5. The molecular formula is C28H34FN5O2. The highest BCUT2D eigenvalue weighted by Gasteiger charge is 2.32. The van der Waals surface area contributed by atoms with Crippen molar-refractivity contribution >= 4 is 22.7 Å². The van der Waals surface area contributed by atoms with E-state index in [9.17, 15) is 9.18 Å². The van der Waals surface area contributed by atoms with E-state index < -0.39 is 5.97 Å². The number of anilines is 1. The van der Waals surface area contributed by atoms with Crippen molar-refractivity contribution in [3.8, 4) is 5.69 Å². The highest BCUT2D eigenvalue weighted by atomic mass is 19.1. The Labute approximate surface area is 211 Å². The van der Waals surface area contributed by atoms with Gasteiger partial charge in [0.15, 0.2) is 11.3 Å². The lowest BCUT2D eigenvalue weighted by molar-refractivity contribution is 0.0594. The lowest BCUT2D eigenvalue weighted by Crippen LogP contribution is -2.46. The van der Waals surface area contributed by atoms with Crippen LogP contribution >= 0.6 is 0 Å². The Hall–Kier alpha value is -3.00. The van der Waals surface area contributed by atoms with Crippen LogP contribution in [0.4, 0.5) is 10.1 Å². The molecule has 2 aromatic heterocycles. The molecule has 0 spiro atoms. The second-order valence-corrected chi connectivity index (χ2v) is 10.4. The minimum absolute atomic E-state index is 0.279. The number of fused-ring (bicyclic) bond motifs is 1. The Morgan fingerprint density at radius 3 is 2.33 bits per heavy atom.